The number of methoxy groups -OCH3 is 1. The lowest BCUT2D eigenvalue weighted by atomic mass is 9.82. The molecule has 140 valence electrons. The molecule has 6 heteroatoms. The van der Waals surface area contributed by atoms with Crippen molar-refractivity contribution < 1.29 is 14.3 Å². The lowest BCUT2D eigenvalue weighted by Gasteiger charge is -2.47. The minimum atomic E-state index is -0.209. The van der Waals surface area contributed by atoms with Crippen LogP contribution in [0.1, 0.15) is 55.7 Å². The van der Waals surface area contributed by atoms with E-state index < -0.39 is 0 Å². The molecular formula is C19H31N3O3. The van der Waals surface area contributed by atoms with E-state index >= 15 is 0 Å². The van der Waals surface area contributed by atoms with Gasteiger partial charge >= 0.3 is 0 Å². The van der Waals surface area contributed by atoms with Gasteiger partial charge in [-0.2, -0.15) is 5.10 Å². The molecule has 3 rings (SSSR count). The Morgan fingerprint density at radius 1 is 1.44 bits per heavy atom. The summed E-state index contributed by atoms with van der Waals surface area (Å²) in [5.41, 5.74) is 1.46. The molecule has 25 heavy (non-hydrogen) atoms. The number of aryl methyl sites for hydroxylation is 1. The van der Waals surface area contributed by atoms with E-state index in [0.717, 1.165) is 44.4 Å². The zero-order valence-electron chi connectivity index (χ0n) is 16.0. The molecule has 0 radical (unpaired) electrons. The minimum absolute atomic E-state index is 0.0737. The third-order valence-electron chi connectivity index (χ3n) is 5.54. The van der Waals surface area contributed by atoms with Gasteiger partial charge in [-0.3, -0.25) is 9.48 Å². The first-order valence-corrected chi connectivity index (χ1v) is 9.44. The number of carbonyl (C=O) groups is 1. The number of hydrogen-bond donors (Lipinski definition) is 0. The molecule has 6 nitrogen and oxygen atoms in total. The predicted octanol–water partition coefficient (Wildman–Crippen LogP) is 2.42. The van der Waals surface area contributed by atoms with Gasteiger partial charge in [-0.25, -0.2) is 0 Å². The highest BCUT2D eigenvalue weighted by Crippen LogP contribution is 2.37. The fourth-order valence-corrected chi connectivity index (χ4v) is 4.19. The topological polar surface area (TPSA) is 56.6 Å². The van der Waals surface area contributed by atoms with Crippen molar-refractivity contribution in [2.45, 2.75) is 57.7 Å². The van der Waals surface area contributed by atoms with Crippen LogP contribution in [0.15, 0.2) is 6.07 Å². The van der Waals surface area contributed by atoms with Crippen molar-refractivity contribution in [3.63, 3.8) is 0 Å². The summed E-state index contributed by atoms with van der Waals surface area (Å²) in [6, 6.07) is 1.95. The van der Waals surface area contributed by atoms with Crippen molar-refractivity contribution in [2.24, 2.45) is 13.0 Å². The van der Waals surface area contributed by atoms with Crippen molar-refractivity contribution in [3.05, 3.63) is 17.5 Å². The van der Waals surface area contributed by atoms with Gasteiger partial charge in [0.1, 0.15) is 5.69 Å². The molecule has 0 aliphatic carbocycles. The smallest absolute Gasteiger partial charge is 0.272 e. The second-order valence-corrected chi connectivity index (χ2v) is 7.81. The highest BCUT2D eigenvalue weighted by molar-refractivity contribution is 5.92. The van der Waals surface area contributed by atoms with Gasteiger partial charge < -0.3 is 14.4 Å². The summed E-state index contributed by atoms with van der Waals surface area (Å²) in [5.74, 6) is 0.603. The number of ether oxygens (including phenoxy) is 2. The number of piperidine rings is 1. The Labute approximate surface area is 150 Å². The third kappa shape index (κ3) is 3.75. The molecule has 2 saturated heterocycles. The van der Waals surface area contributed by atoms with Gasteiger partial charge in [-0.15, -0.1) is 0 Å². The van der Waals surface area contributed by atoms with Gasteiger partial charge in [-0.05, 0) is 44.1 Å². The number of amides is 1. The summed E-state index contributed by atoms with van der Waals surface area (Å²) in [6.45, 7) is 6.55. The fraction of sp³-hybridized carbons (Fsp3) is 0.789. The summed E-state index contributed by atoms with van der Waals surface area (Å²) in [6.07, 6.45) is 4.82. The molecule has 2 aliphatic heterocycles. The molecule has 0 aromatic carbocycles. The summed E-state index contributed by atoms with van der Waals surface area (Å²) < 4.78 is 13.5. The van der Waals surface area contributed by atoms with Gasteiger partial charge in [0.15, 0.2) is 0 Å². The van der Waals surface area contributed by atoms with Crippen LogP contribution in [0, 0.1) is 5.92 Å². The maximum atomic E-state index is 12.9. The van der Waals surface area contributed by atoms with Crippen molar-refractivity contribution in [3.8, 4) is 0 Å². The summed E-state index contributed by atoms with van der Waals surface area (Å²) in [4.78, 5) is 14.9. The average molecular weight is 349 g/mol. The highest BCUT2D eigenvalue weighted by Gasteiger charge is 2.45. The normalized spacial score (nSPS) is 23.4. The van der Waals surface area contributed by atoms with Gasteiger partial charge in [0.05, 0.1) is 17.4 Å². The first-order chi connectivity index (χ1) is 11.9. The third-order valence-corrected chi connectivity index (χ3v) is 5.54. The molecule has 1 aromatic heterocycles. The predicted molar refractivity (Wildman–Crippen MR) is 95.6 cm³/mol. The Balaban J connectivity index is 1.66. The van der Waals surface area contributed by atoms with E-state index in [1.54, 1.807) is 11.8 Å². The number of nitrogens with zero attached hydrogens (tertiary/aromatic N) is 3. The maximum absolute atomic E-state index is 12.9. The van der Waals surface area contributed by atoms with Crippen LogP contribution in [0.25, 0.3) is 0 Å². The van der Waals surface area contributed by atoms with Gasteiger partial charge in [0, 0.05) is 33.9 Å². The number of aromatic nitrogens is 2. The molecule has 2 aliphatic rings. The Morgan fingerprint density at radius 3 is 2.80 bits per heavy atom. The molecule has 0 unspecified atom stereocenters. The first-order valence-electron chi connectivity index (χ1n) is 9.44. The van der Waals surface area contributed by atoms with Crippen LogP contribution >= 0.6 is 0 Å². The van der Waals surface area contributed by atoms with E-state index in [1.807, 2.05) is 18.0 Å². The van der Waals surface area contributed by atoms with Crippen LogP contribution in [0.3, 0.4) is 0 Å². The lowest BCUT2D eigenvalue weighted by Crippen LogP contribution is -2.56. The molecule has 0 N–H and O–H groups in total. The molecule has 3 heterocycles. The van der Waals surface area contributed by atoms with Crippen LogP contribution in [0.4, 0.5) is 0 Å². The average Bonchev–Trinajstić information content (AvgIpc) is 2.95. The van der Waals surface area contributed by atoms with E-state index in [1.165, 1.54) is 0 Å². The highest BCUT2D eigenvalue weighted by atomic mass is 16.5. The fourth-order valence-electron chi connectivity index (χ4n) is 4.19. The Morgan fingerprint density at radius 2 is 2.16 bits per heavy atom. The Hall–Kier alpha value is -1.40. The van der Waals surface area contributed by atoms with Gasteiger partial charge in [-0.1, -0.05) is 13.8 Å². The van der Waals surface area contributed by atoms with Crippen molar-refractivity contribution in [2.75, 3.05) is 26.8 Å². The van der Waals surface area contributed by atoms with Crippen molar-refractivity contribution in [1.29, 1.82) is 0 Å². The molecule has 0 bridgehead atoms. The van der Waals surface area contributed by atoms with Crippen molar-refractivity contribution >= 4 is 5.91 Å². The van der Waals surface area contributed by atoms with Crippen LogP contribution in [0.2, 0.25) is 0 Å². The van der Waals surface area contributed by atoms with E-state index in [4.69, 9.17) is 9.47 Å². The quantitative estimate of drug-likeness (QED) is 0.838. The molecular weight excluding hydrogens is 318 g/mol. The molecule has 2 fully saturated rings. The standard InChI is InChI=1S/C19H31N3O3/c1-14(2)12-15-13-16(21(3)20-15)18(23)22-9-7-19(8-10-22)17(24-4)6-5-11-25-19/h13-14,17H,5-12H2,1-4H3/t17-/m0/s1. The minimum Gasteiger partial charge on any atom is -0.378 e. The Kier molecular flexibility index (Phi) is 5.49. The Bertz CT molecular complexity index is 603. The van der Waals surface area contributed by atoms with Crippen LogP contribution < -0.4 is 0 Å². The number of carbonyl (C=O) groups excluding carboxylic acids is 1. The number of rotatable bonds is 4. The summed E-state index contributed by atoms with van der Waals surface area (Å²) in [5, 5.41) is 4.50. The SMILES string of the molecule is CO[C@H]1CCCOC12CCN(C(=O)c1cc(CC(C)C)nn1C)CC2. The summed E-state index contributed by atoms with van der Waals surface area (Å²) >= 11 is 0. The first kappa shape index (κ1) is 18.4. The summed E-state index contributed by atoms with van der Waals surface area (Å²) in [7, 11) is 3.62. The van der Waals surface area contributed by atoms with Crippen LogP contribution in [-0.4, -0.2) is 59.1 Å². The largest absolute Gasteiger partial charge is 0.378 e. The number of likely N-dealkylation sites (tertiary alicyclic amines) is 1. The van der Waals surface area contributed by atoms with Crippen LogP contribution in [0.5, 0.6) is 0 Å². The number of hydrogen-bond acceptors (Lipinski definition) is 4. The zero-order chi connectivity index (χ0) is 18.0. The van der Waals surface area contributed by atoms with Crippen LogP contribution in [-0.2, 0) is 22.9 Å². The van der Waals surface area contributed by atoms with E-state index in [9.17, 15) is 4.79 Å². The molecule has 1 atom stereocenters. The van der Waals surface area contributed by atoms with Gasteiger partial charge in [0.2, 0.25) is 0 Å². The van der Waals surface area contributed by atoms with Gasteiger partial charge in [0.25, 0.3) is 5.91 Å². The second-order valence-electron chi connectivity index (χ2n) is 7.81. The van der Waals surface area contributed by atoms with E-state index in [2.05, 4.69) is 18.9 Å². The molecule has 0 saturated carbocycles. The lowest BCUT2D eigenvalue weighted by molar-refractivity contribution is -0.183. The second kappa shape index (κ2) is 7.46. The molecule has 1 aromatic rings. The monoisotopic (exact) mass is 349 g/mol. The zero-order valence-corrected chi connectivity index (χ0v) is 16.0. The van der Waals surface area contributed by atoms with E-state index in [-0.39, 0.29) is 17.6 Å². The molecule has 1 amide bonds. The molecule has 1 spiro atoms. The van der Waals surface area contributed by atoms with Crippen molar-refractivity contribution in [1.82, 2.24) is 14.7 Å². The van der Waals surface area contributed by atoms with E-state index in [0.29, 0.717) is 24.7 Å². The maximum Gasteiger partial charge on any atom is 0.272 e.